The molecule has 1 atom stereocenters. The molecule has 0 bridgehead atoms. The average Bonchev–Trinajstić information content (AvgIpc) is 3.60. The summed E-state index contributed by atoms with van der Waals surface area (Å²) in [5.74, 6) is 1.75. The summed E-state index contributed by atoms with van der Waals surface area (Å²) in [7, 11) is -1.41. The second kappa shape index (κ2) is 8.07. The van der Waals surface area contributed by atoms with Crippen LogP contribution in [0, 0.1) is 5.92 Å². The first-order chi connectivity index (χ1) is 15.3. The van der Waals surface area contributed by atoms with Crippen molar-refractivity contribution >= 4 is 20.6 Å². The van der Waals surface area contributed by atoms with Crippen LogP contribution in [0.4, 0.5) is 0 Å². The third-order valence-electron chi connectivity index (χ3n) is 6.75. The number of ether oxygens (including phenoxy) is 1. The summed E-state index contributed by atoms with van der Waals surface area (Å²) >= 11 is 0. The molecule has 1 unspecified atom stereocenters. The number of pyridine rings is 1. The van der Waals surface area contributed by atoms with Crippen LogP contribution in [0.25, 0.3) is 21.9 Å². The molecule has 1 saturated carbocycles. The van der Waals surface area contributed by atoms with Gasteiger partial charge in [0, 0.05) is 35.5 Å². The van der Waals surface area contributed by atoms with Gasteiger partial charge in [-0.3, -0.25) is 4.79 Å². The predicted molar refractivity (Wildman–Crippen MR) is 128 cm³/mol. The summed E-state index contributed by atoms with van der Waals surface area (Å²) in [6.45, 7) is 1.68. The first-order valence-electron chi connectivity index (χ1n) is 11.5. The summed E-state index contributed by atoms with van der Waals surface area (Å²) in [5.41, 5.74) is 3.59. The summed E-state index contributed by atoms with van der Waals surface area (Å²) in [5, 5.41) is 1.51. The lowest BCUT2D eigenvalue weighted by Crippen LogP contribution is -2.24. The zero-order chi connectivity index (χ0) is 22.5. The van der Waals surface area contributed by atoms with Crippen LogP contribution >= 0.6 is 0 Å². The number of aromatic nitrogens is 1. The molecule has 5 rings (SSSR count). The molecular weight excluding hydrogens is 422 g/mol. The van der Waals surface area contributed by atoms with Crippen molar-refractivity contribution in [2.75, 3.05) is 5.75 Å². The number of hydrogen-bond acceptors (Lipinski definition) is 4. The van der Waals surface area contributed by atoms with E-state index >= 15 is 0 Å². The molecule has 1 aliphatic heterocycles. The van der Waals surface area contributed by atoms with Gasteiger partial charge in [0.15, 0.2) is 9.84 Å². The van der Waals surface area contributed by atoms with Crippen LogP contribution < -0.4 is 10.3 Å². The Morgan fingerprint density at radius 1 is 1.06 bits per heavy atom. The third kappa shape index (κ3) is 4.08. The molecule has 1 aliphatic carbocycles. The summed E-state index contributed by atoms with van der Waals surface area (Å²) in [4.78, 5) is 12.7. The molecule has 2 heterocycles. The van der Waals surface area contributed by atoms with Crippen molar-refractivity contribution in [3.8, 4) is 16.9 Å². The van der Waals surface area contributed by atoms with E-state index in [2.05, 4.69) is 0 Å². The van der Waals surface area contributed by atoms with E-state index in [1.54, 1.807) is 18.5 Å². The van der Waals surface area contributed by atoms with Gasteiger partial charge in [0.2, 0.25) is 0 Å². The van der Waals surface area contributed by atoms with E-state index in [4.69, 9.17) is 4.74 Å². The number of aryl methyl sites for hydroxylation is 2. The summed E-state index contributed by atoms with van der Waals surface area (Å²) in [6, 6.07) is 11.6. The van der Waals surface area contributed by atoms with E-state index in [1.165, 1.54) is 12.8 Å². The van der Waals surface area contributed by atoms with Crippen LogP contribution in [-0.2, 0) is 29.1 Å². The van der Waals surface area contributed by atoms with Crippen LogP contribution in [0.1, 0.15) is 43.7 Å². The van der Waals surface area contributed by atoms with Gasteiger partial charge in [-0.1, -0.05) is 44.0 Å². The second-order valence-corrected chi connectivity index (χ2v) is 11.6. The van der Waals surface area contributed by atoms with E-state index < -0.39 is 9.84 Å². The van der Waals surface area contributed by atoms with Gasteiger partial charge in [-0.25, -0.2) is 8.42 Å². The Labute approximate surface area is 189 Å². The molecule has 5 nitrogen and oxygen atoms in total. The van der Waals surface area contributed by atoms with Crippen molar-refractivity contribution in [3.63, 3.8) is 0 Å². The molecule has 6 heteroatoms. The minimum Gasteiger partial charge on any atom is -0.489 e. The van der Waals surface area contributed by atoms with Crippen LogP contribution in [-0.4, -0.2) is 24.8 Å². The standard InChI is InChI=1S/C26H29NO4S/c1-3-32(29,30)16-18-12-19-10-11-20(13-17-8-9-17)31-25(19)23(14-18)24-15-27(2)26(28)22-7-5-4-6-21(22)24/h4-7,12,14-15,17,20H,3,8-11,13,16H2,1-2H3. The molecule has 168 valence electrons. The second-order valence-electron chi connectivity index (χ2n) is 9.27. The monoisotopic (exact) mass is 451 g/mol. The molecule has 0 amide bonds. The maximum Gasteiger partial charge on any atom is 0.258 e. The molecule has 0 N–H and O–H groups in total. The predicted octanol–water partition coefficient (Wildman–Crippen LogP) is 4.63. The lowest BCUT2D eigenvalue weighted by molar-refractivity contribution is 0.158. The maximum absolute atomic E-state index is 12.7. The zero-order valence-electron chi connectivity index (χ0n) is 18.6. The van der Waals surface area contributed by atoms with Gasteiger partial charge in [-0.2, -0.15) is 0 Å². The Balaban J connectivity index is 1.70. The van der Waals surface area contributed by atoms with Gasteiger partial charge >= 0.3 is 0 Å². The number of nitrogens with zero attached hydrogens (tertiary/aromatic N) is 1. The number of hydrogen-bond donors (Lipinski definition) is 0. The van der Waals surface area contributed by atoms with Gasteiger partial charge in [0.05, 0.1) is 11.9 Å². The van der Waals surface area contributed by atoms with Gasteiger partial charge in [-0.05, 0) is 53.8 Å². The van der Waals surface area contributed by atoms with Crippen molar-refractivity contribution in [1.29, 1.82) is 0 Å². The van der Waals surface area contributed by atoms with Crippen molar-refractivity contribution in [2.45, 2.75) is 50.9 Å². The highest BCUT2D eigenvalue weighted by molar-refractivity contribution is 7.90. The normalized spacial score (nSPS) is 18.4. The minimum absolute atomic E-state index is 0.0129. The van der Waals surface area contributed by atoms with Crippen molar-refractivity contribution in [2.24, 2.45) is 13.0 Å². The zero-order valence-corrected chi connectivity index (χ0v) is 19.5. The molecule has 2 aromatic carbocycles. The third-order valence-corrected chi connectivity index (χ3v) is 8.40. The number of benzene rings is 2. The van der Waals surface area contributed by atoms with Crippen molar-refractivity contribution in [3.05, 3.63) is 64.1 Å². The molecule has 3 aromatic rings. The van der Waals surface area contributed by atoms with Gasteiger partial charge in [0.1, 0.15) is 5.75 Å². The molecule has 0 spiro atoms. The molecule has 0 saturated heterocycles. The van der Waals surface area contributed by atoms with Crippen molar-refractivity contribution < 1.29 is 13.2 Å². The van der Waals surface area contributed by atoms with Gasteiger partial charge < -0.3 is 9.30 Å². The number of fused-ring (bicyclic) bond motifs is 2. The Morgan fingerprint density at radius 3 is 2.53 bits per heavy atom. The quantitative estimate of drug-likeness (QED) is 0.548. The molecular formula is C26H29NO4S. The maximum atomic E-state index is 12.7. The largest absolute Gasteiger partial charge is 0.489 e. The fraction of sp³-hybridized carbons (Fsp3) is 0.423. The Kier molecular flexibility index (Phi) is 5.36. The Bertz CT molecular complexity index is 1350. The van der Waals surface area contributed by atoms with E-state index in [0.29, 0.717) is 5.39 Å². The lowest BCUT2D eigenvalue weighted by Gasteiger charge is -2.29. The fourth-order valence-electron chi connectivity index (χ4n) is 4.78. The molecule has 32 heavy (non-hydrogen) atoms. The summed E-state index contributed by atoms with van der Waals surface area (Å²) in [6.07, 6.45) is 7.55. The van der Waals surface area contributed by atoms with Crippen LogP contribution in [0.2, 0.25) is 0 Å². The van der Waals surface area contributed by atoms with E-state index in [0.717, 1.165) is 58.6 Å². The minimum atomic E-state index is -3.17. The van der Waals surface area contributed by atoms with Crippen LogP contribution in [0.5, 0.6) is 5.75 Å². The van der Waals surface area contributed by atoms with Gasteiger partial charge in [0.25, 0.3) is 5.56 Å². The van der Waals surface area contributed by atoms with Gasteiger partial charge in [-0.15, -0.1) is 0 Å². The van der Waals surface area contributed by atoms with E-state index in [9.17, 15) is 13.2 Å². The Hall–Kier alpha value is -2.60. The summed E-state index contributed by atoms with van der Waals surface area (Å²) < 4.78 is 33.0. The van der Waals surface area contributed by atoms with E-state index in [1.807, 2.05) is 42.6 Å². The fourth-order valence-corrected chi connectivity index (χ4v) is 5.66. The first-order valence-corrected chi connectivity index (χ1v) is 13.3. The average molecular weight is 452 g/mol. The lowest BCUT2D eigenvalue weighted by atomic mass is 9.91. The molecule has 1 fully saturated rings. The smallest absolute Gasteiger partial charge is 0.258 e. The molecule has 1 aromatic heterocycles. The Morgan fingerprint density at radius 2 is 1.81 bits per heavy atom. The topological polar surface area (TPSA) is 65.4 Å². The number of rotatable bonds is 6. The van der Waals surface area contributed by atoms with Crippen LogP contribution in [0.3, 0.4) is 0 Å². The van der Waals surface area contributed by atoms with E-state index in [-0.39, 0.29) is 23.2 Å². The van der Waals surface area contributed by atoms with Crippen molar-refractivity contribution in [1.82, 2.24) is 4.57 Å². The highest BCUT2D eigenvalue weighted by atomic mass is 32.2. The highest BCUT2D eigenvalue weighted by Gasteiger charge is 2.31. The first kappa shape index (κ1) is 21.3. The molecule has 2 aliphatic rings. The molecule has 0 radical (unpaired) electrons. The SMILES string of the molecule is CCS(=O)(=O)Cc1cc2c(c(-c3cn(C)c(=O)c4ccccc34)c1)OC(CC1CC1)CC2. The van der Waals surface area contributed by atoms with Crippen LogP contribution in [0.15, 0.2) is 47.4 Å². The highest BCUT2D eigenvalue weighted by Crippen LogP contribution is 2.44. The number of sulfone groups is 1.